The summed E-state index contributed by atoms with van der Waals surface area (Å²) in [5.41, 5.74) is 2.07. The van der Waals surface area contributed by atoms with E-state index in [4.69, 9.17) is 14.6 Å². The fourth-order valence-electron chi connectivity index (χ4n) is 2.36. The molecular weight excluding hydrogens is 445 g/mol. The molecule has 26 heavy (non-hydrogen) atoms. The minimum Gasteiger partial charge on any atom is -0.490 e. The van der Waals surface area contributed by atoms with E-state index in [0.29, 0.717) is 35.8 Å². The fourth-order valence-corrected chi connectivity index (χ4v) is 3.14. The summed E-state index contributed by atoms with van der Waals surface area (Å²) in [6.07, 6.45) is 1.75. The molecule has 0 bridgehead atoms. The molecule has 5 nitrogen and oxygen atoms in total. The lowest BCUT2D eigenvalue weighted by Crippen LogP contribution is -2.01. The van der Waals surface area contributed by atoms with Crippen molar-refractivity contribution in [2.24, 2.45) is 0 Å². The van der Waals surface area contributed by atoms with Crippen LogP contribution in [0, 0.1) is 14.9 Å². The van der Waals surface area contributed by atoms with Crippen LogP contribution in [0.4, 0.5) is 0 Å². The van der Waals surface area contributed by atoms with E-state index in [0.717, 1.165) is 9.13 Å². The van der Waals surface area contributed by atoms with Gasteiger partial charge in [-0.25, -0.2) is 4.79 Å². The lowest BCUT2D eigenvalue weighted by molar-refractivity contribution is 0.0697. The van der Waals surface area contributed by atoms with Crippen LogP contribution in [-0.2, 0) is 0 Å². The quantitative estimate of drug-likeness (QED) is 0.361. The van der Waals surface area contributed by atoms with Gasteiger partial charge in [0.25, 0.3) is 0 Å². The summed E-state index contributed by atoms with van der Waals surface area (Å²) in [6, 6.07) is 12.1. The van der Waals surface area contributed by atoms with Crippen LogP contribution in [0.2, 0.25) is 0 Å². The molecule has 6 heteroatoms. The second-order valence-corrected chi connectivity index (χ2v) is 6.41. The van der Waals surface area contributed by atoms with Crippen LogP contribution in [0.25, 0.3) is 11.6 Å². The molecule has 0 spiro atoms. The lowest BCUT2D eigenvalue weighted by Gasteiger charge is -2.13. The van der Waals surface area contributed by atoms with Gasteiger partial charge in [-0.1, -0.05) is 12.1 Å². The van der Waals surface area contributed by atoms with Gasteiger partial charge in [0.05, 0.1) is 34.0 Å². The highest BCUT2D eigenvalue weighted by Gasteiger charge is 2.12. The van der Waals surface area contributed by atoms with Crippen LogP contribution >= 0.6 is 22.6 Å². The summed E-state index contributed by atoms with van der Waals surface area (Å²) >= 11 is 2.18. The maximum absolute atomic E-state index is 11.0. The Labute approximate surface area is 166 Å². The van der Waals surface area contributed by atoms with E-state index in [-0.39, 0.29) is 5.56 Å². The van der Waals surface area contributed by atoms with Crippen molar-refractivity contribution in [3.05, 3.63) is 56.7 Å². The Kier molecular flexibility index (Phi) is 7.04. The van der Waals surface area contributed by atoms with Crippen molar-refractivity contribution in [3.8, 4) is 17.6 Å². The van der Waals surface area contributed by atoms with Crippen LogP contribution in [0.15, 0.2) is 36.4 Å². The van der Waals surface area contributed by atoms with Gasteiger partial charge in [0, 0.05) is 0 Å². The number of nitrogens with zero attached hydrogens (tertiary/aromatic N) is 1. The second-order valence-electron chi connectivity index (χ2n) is 5.25. The van der Waals surface area contributed by atoms with Crippen molar-refractivity contribution in [1.82, 2.24) is 0 Å². The van der Waals surface area contributed by atoms with Crippen LogP contribution in [0.5, 0.6) is 11.5 Å². The van der Waals surface area contributed by atoms with E-state index in [1.165, 1.54) is 12.1 Å². The van der Waals surface area contributed by atoms with Gasteiger partial charge in [-0.3, -0.25) is 0 Å². The highest BCUT2D eigenvalue weighted by Crippen LogP contribution is 2.35. The third kappa shape index (κ3) is 4.76. The minimum absolute atomic E-state index is 0.181. The molecular formula is C20H18INO4. The topological polar surface area (TPSA) is 79.5 Å². The number of carbonyl (C=O) groups is 1. The number of hydrogen-bond acceptors (Lipinski definition) is 4. The number of carboxylic acids is 1. The van der Waals surface area contributed by atoms with Gasteiger partial charge in [-0.05, 0) is 77.9 Å². The van der Waals surface area contributed by atoms with Crippen molar-refractivity contribution in [3.63, 3.8) is 0 Å². The predicted octanol–water partition coefficient (Wildman–Crippen LogP) is 4.85. The average Bonchev–Trinajstić information content (AvgIpc) is 2.63. The van der Waals surface area contributed by atoms with Crippen molar-refractivity contribution in [2.75, 3.05) is 13.2 Å². The molecule has 0 aliphatic carbocycles. The minimum atomic E-state index is -0.999. The maximum Gasteiger partial charge on any atom is 0.335 e. The van der Waals surface area contributed by atoms with E-state index in [1.54, 1.807) is 18.2 Å². The number of aromatic carboxylic acids is 1. The highest BCUT2D eigenvalue weighted by molar-refractivity contribution is 14.1. The normalized spacial score (nSPS) is 10.9. The van der Waals surface area contributed by atoms with Gasteiger partial charge in [-0.2, -0.15) is 5.26 Å². The number of halogens is 1. The number of hydrogen-bond donors (Lipinski definition) is 1. The molecule has 134 valence electrons. The molecule has 0 atom stereocenters. The Bertz CT molecular complexity index is 867. The lowest BCUT2D eigenvalue weighted by atomic mass is 10.0. The molecule has 0 saturated heterocycles. The van der Waals surface area contributed by atoms with Gasteiger partial charge in [-0.15, -0.1) is 0 Å². The molecule has 2 aromatic rings. The van der Waals surface area contributed by atoms with Crippen molar-refractivity contribution >= 4 is 40.2 Å². The van der Waals surface area contributed by atoms with Crippen LogP contribution in [-0.4, -0.2) is 24.3 Å². The zero-order valence-corrected chi connectivity index (χ0v) is 16.6. The first-order valence-corrected chi connectivity index (χ1v) is 9.12. The van der Waals surface area contributed by atoms with E-state index in [2.05, 4.69) is 28.7 Å². The van der Waals surface area contributed by atoms with Gasteiger partial charge < -0.3 is 14.6 Å². The fraction of sp³-hybridized carbons (Fsp3) is 0.200. The first-order chi connectivity index (χ1) is 12.5. The first-order valence-electron chi connectivity index (χ1n) is 8.04. The molecule has 0 aliphatic rings. The number of allylic oxidation sites excluding steroid dienone is 1. The molecule has 0 radical (unpaired) electrons. The summed E-state index contributed by atoms with van der Waals surface area (Å²) in [7, 11) is 0. The van der Waals surface area contributed by atoms with Crippen molar-refractivity contribution in [1.29, 1.82) is 5.26 Å². The Morgan fingerprint density at radius 3 is 2.31 bits per heavy atom. The number of carboxylic acid groups (broad SMARTS) is 1. The van der Waals surface area contributed by atoms with E-state index >= 15 is 0 Å². The highest BCUT2D eigenvalue weighted by atomic mass is 127. The smallest absolute Gasteiger partial charge is 0.335 e. The van der Waals surface area contributed by atoms with Gasteiger partial charge in [0.2, 0.25) is 0 Å². The molecule has 0 saturated carbocycles. The van der Waals surface area contributed by atoms with Gasteiger partial charge >= 0.3 is 5.97 Å². The number of benzene rings is 2. The van der Waals surface area contributed by atoms with E-state index in [1.807, 2.05) is 26.0 Å². The summed E-state index contributed by atoms with van der Waals surface area (Å²) in [5, 5.41) is 18.5. The third-order valence-electron chi connectivity index (χ3n) is 3.49. The SMILES string of the molecule is CCOc1cc(C=C(C#N)c2ccc(C(=O)O)cc2)cc(I)c1OCC. The summed E-state index contributed by atoms with van der Waals surface area (Å²) in [6.45, 7) is 4.85. The molecule has 0 aromatic heterocycles. The Morgan fingerprint density at radius 2 is 1.77 bits per heavy atom. The number of rotatable bonds is 7. The molecule has 0 fully saturated rings. The molecule has 0 unspecified atom stereocenters. The molecule has 2 aromatic carbocycles. The van der Waals surface area contributed by atoms with Crippen LogP contribution in [0.3, 0.4) is 0 Å². The van der Waals surface area contributed by atoms with E-state index in [9.17, 15) is 10.1 Å². The summed E-state index contributed by atoms with van der Waals surface area (Å²) < 4.78 is 12.2. The maximum atomic E-state index is 11.0. The second kappa shape index (κ2) is 9.25. The van der Waals surface area contributed by atoms with Crippen molar-refractivity contribution < 1.29 is 19.4 Å². The Balaban J connectivity index is 2.45. The summed E-state index contributed by atoms with van der Waals surface area (Å²) in [5.74, 6) is 0.323. The molecule has 0 heterocycles. The largest absolute Gasteiger partial charge is 0.490 e. The van der Waals surface area contributed by atoms with Gasteiger partial charge in [0.1, 0.15) is 0 Å². The first kappa shape index (κ1) is 19.8. The van der Waals surface area contributed by atoms with Crippen LogP contribution in [0.1, 0.15) is 35.3 Å². The monoisotopic (exact) mass is 463 g/mol. The zero-order chi connectivity index (χ0) is 19.1. The Hall–Kier alpha value is -2.53. The molecule has 0 aliphatic heterocycles. The van der Waals surface area contributed by atoms with E-state index < -0.39 is 5.97 Å². The third-order valence-corrected chi connectivity index (χ3v) is 4.30. The zero-order valence-electron chi connectivity index (χ0n) is 14.5. The average molecular weight is 463 g/mol. The molecule has 2 rings (SSSR count). The molecule has 0 amide bonds. The number of nitriles is 1. The van der Waals surface area contributed by atoms with Gasteiger partial charge in [0.15, 0.2) is 11.5 Å². The van der Waals surface area contributed by atoms with Crippen LogP contribution < -0.4 is 9.47 Å². The number of ether oxygens (including phenoxy) is 2. The van der Waals surface area contributed by atoms with Crippen molar-refractivity contribution in [2.45, 2.75) is 13.8 Å². The standard InChI is InChI=1S/C20H18INO4/c1-3-25-18-11-13(10-17(21)19(18)26-4-2)9-16(12-22)14-5-7-15(8-6-14)20(23)24/h5-11H,3-4H2,1-2H3,(H,23,24). The summed E-state index contributed by atoms with van der Waals surface area (Å²) in [4.78, 5) is 11.0. The predicted molar refractivity (Wildman–Crippen MR) is 108 cm³/mol. The Morgan fingerprint density at radius 1 is 1.15 bits per heavy atom. The molecule has 1 N–H and O–H groups in total.